The highest BCUT2D eigenvalue weighted by Gasteiger charge is 2.27. The highest BCUT2D eigenvalue weighted by atomic mass is 32.1. The second-order valence-corrected chi connectivity index (χ2v) is 6.66. The van der Waals surface area contributed by atoms with Gasteiger partial charge in [-0.15, -0.1) is 0 Å². The first-order valence-electron chi connectivity index (χ1n) is 6.35. The van der Waals surface area contributed by atoms with E-state index in [4.69, 9.17) is 0 Å². The Morgan fingerprint density at radius 1 is 1.38 bits per heavy atom. The highest BCUT2D eigenvalue weighted by molar-refractivity contribution is 7.07. The Kier molecular flexibility index (Phi) is 3.70. The molecule has 1 saturated carbocycles. The third-order valence-corrected chi connectivity index (χ3v) is 4.57. The maximum Gasteiger partial charge on any atom is 0.0302 e. The molecule has 90 valence electrons. The molecule has 1 aliphatic rings. The average molecular weight is 237 g/mol. The molecule has 2 rings (SSSR count). The number of hydrogen-bond acceptors (Lipinski definition) is 2. The SMILES string of the molecule is CC(NC1CCC(C)(C)CC1)c1ccsc1. The minimum atomic E-state index is 0.512. The molecule has 1 atom stereocenters. The molecule has 2 heteroatoms. The summed E-state index contributed by atoms with van der Waals surface area (Å²) in [5, 5.41) is 8.18. The van der Waals surface area contributed by atoms with Gasteiger partial charge in [0.2, 0.25) is 0 Å². The second-order valence-electron chi connectivity index (χ2n) is 5.88. The maximum atomic E-state index is 3.77. The fourth-order valence-corrected chi connectivity index (χ4v) is 3.29. The van der Waals surface area contributed by atoms with E-state index < -0.39 is 0 Å². The Balaban J connectivity index is 1.83. The number of rotatable bonds is 3. The van der Waals surface area contributed by atoms with Crippen molar-refractivity contribution in [3.63, 3.8) is 0 Å². The van der Waals surface area contributed by atoms with E-state index in [1.807, 2.05) is 0 Å². The third-order valence-electron chi connectivity index (χ3n) is 3.87. The third kappa shape index (κ3) is 3.08. The van der Waals surface area contributed by atoms with Crippen LogP contribution in [0.25, 0.3) is 0 Å². The molecule has 0 amide bonds. The van der Waals surface area contributed by atoms with Gasteiger partial charge in [-0.05, 0) is 60.4 Å². The van der Waals surface area contributed by atoms with Crippen LogP contribution in [-0.2, 0) is 0 Å². The molecule has 1 nitrogen and oxygen atoms in total. The van der Waals surface area contributed by atoms with Crippen molar-refractivity contribution in [3.8, 4) is 0 Å². The summed E-state index contributed by atoms with van der Waals surface area (Å²) in [6.07, 6.45) is 5.39. The molecular weight excluding hydrogens is 214 g/mol. The van der Waals surface area contributed by atoms with E-state index in [1.54, 1.807) is 11.3 Å². The molecule has 0 bridgehead atoms. The van der Waals surface area contributed by atoms with Gasteiger partial charge in [0.1, 0.15) is 0 Å². The molecule has 1 unspecified atom stereocenters. The Labute approximate surface area is 103 Å². The summed E-state index contributed by atoms with van der Waals surface area (Å²) in [5.41, 5.74) is 2.01. The predicted molar refractivity (Wildman–Crippen MR) is 71.9 cm³/mol. The molecule has 16 heavy (non-hydrogen) atoms. The molecule has 1 heterocycles. The van der Waals surface area contributed by atoms with Crippen molar-refractivity contribution in [1.29, 1.82) is 0 Å². The van der Waals surface area contributed by atoms with E-state index in [0.29, 0.717) is 11.5 Å². The van der Waals surface area contributed by atoms with Gasteiger partial charge in [-0.25, -0.2) is 0 Å². The largest absolute Gasteiger partial charge is 0.307 e. The van der Waals surface area contributed by atoms with Crippen LogP contribution in [0.5, 0.6) is 0 Å². The summed E-state index contributed by atoms with van der Waals surface area (Å²) >= 11 is 1.79. The van der Waals surface area contributed by atoms with Crippen LogP contribution in [0.1, 0.15) is 58.1 Å². The van der Waals surface area contributed by atoms with Gasteiger partial charge in [-0.2, -0.15) is 11.3 Å². The minimum absolute atomic E-state index is 0.512. The average Bonchev–Trinajstić information content (AvgIpc) is 2.74. The van der Waals surface area contributed by atoms with E-state index in [1.165, 1.54) is 31.2 Å². The first-order chi connectivity index (χ1) is 7.57. The first kappa shape index (κ1) is 12.1. The first-order valence-corrected chi connectivity index (χ1v) is 7.29. The van der Waals surface area contributed by atoms with Crippen molar-refractivity contribution in [2.75, 3.05) is 0 Å². The van der Waals surface area contributed by atoms with Crippen LogP contribution in [0.2, 0.25) is 0 Å². The summed E-state index contributed by atoms with van der Waals surface area (Å²) in [5.74, 6) is 0. The van der Waals surface area contributed by atoms with Gasteiger partial charge in [-0.3, -0.25) is 0 Å². The van der Waals surface area contributed by atoms with Crippen molar-refractivity contribution in [2.24, 2.45) is 5.41 Å². The van der Waals surface area contributed by atoms with Crippen LogP contribution in [0, 0.1) is 5.41 Å². The van der Waals surface area contributed by atoms with Crippen molar-refractivity contribution < 1.29 is 0 Å². The fraction of sp³-hybridized carbons (Fsp3) is 0.714. The van der Waals surface area contributed by atoms with Gasteiger partial charge >= 0.3 is 0 Å². The van der Waals surface area contributed by atoms with Gasteiger partial charge in [0.15, 0.2) is 0 Å². The molecule has 0 spiro atoms. The van der Waals surface area contributed by atoms with Crippen LogP contribution in [-0.4, -0.2) is 6.04 Å². The van der Waals surface area contributed by atoms with Crippen LogP contribution < -0.4 is 5.32 Å². The monoisotopic (exact) mass is 237 g/mol. The summed E-state index contributed by atoms with van der Waals surface area (Å²) in [7, 11) is 0. The topological polar surface area (TPSA) is 12.0 Å². The lowest BCUT2D eigenvalue weighted by Crippen LogP contribution is -2.36. The molecule has 0 aromatic carbocycles. The maximum absolute atomic E-state index is 3.77. The van der Waals surface area contributed by atoms with Crippen molar-refractivity contribution in [2.45, 2.75) is 58.5 Å². The van der Waals surface area contributed by atoms with E-state index in [2.05, 4.69) is 42.9 Å². The molecule has 0 saturated heterocycles. The van der Waals surface area contributed by atoms with Gasteiger partial charge < -0.3 is 5.32 Å². The summed E-state index contributed by atoms with van der Waals surface area (Å²) in [4.78, 5) is 0. The molecule has 1 N–H and O–H groups in total. The van der Waals surface area contributed by atoms with E-state index in [9.17, 15) is 0 Å². The normalized spacial score (nSPS) is 23.2. The van der Waals surface area contributed by atoms with Gasteiger partial charge in [0, 0.05) is 12.1 Å². The van der Waals surface area contributed by atoms with Crippen LogP contribution in [0.4, 0.5) is 0 Å². The van der Waals surface area contributed by atoms with Crippen LogP contribution >= 0.6 is 11.3 Å². The molecule has 0 radical (unpaired) electrons. The van der Waals surface area contributed by atoms with E-state index in [-0.39, 0.29) is 0 Å². The van der Waals surface area contributed by atoms with Crippen molar-refractivity contribution in [1.82, 2.24) is 5.32 Å². The van der Waals surface area contributed by atoms with Crippen molar-refractivity contribution >= 4 is 11.3 Å². The fourth-order valence-electron chi connectivity index (χ4n) is 2.54. The highest BCUT2D eigenvalue weighted by Crippen LogP contribution is 2.35. The molecule has 1 aromatic rings. The van der Waals surface area contributed by atoms with Crippen LogP contribution in [0.3, 0.4) is 0 Å². The number of nitrogens with one attached hydrogen (secondary N) is 1. The molecule has 0 aliphatic heterocycles. The zero-order valence-electron chi connectivity index (χ0n) is 10.6. The number of hydrogen-bond donors (Lipinski definition) is 1. The number of thiophene rings is 1. The van der Waals surface area contributed by atoms with E-state index in [0.717, 1.165) is 6.04 Å². The zero-order chi connectivity index (χ0) is 11.6. The lowest BCUT2D eigenvalue weighted by Gasteiger charge is -2.36. The van der Waals surface area contributed by atoms with E-state index >= 15 is 0 Å². The van der Waals surface area contributed by atoms with Crippen molar-refractivity contribution in [3.05, 3.63) is 22.4 Å². The van der Waals surface area contributed by atoms with Crippen LogP contribution in [0.15, 0.2) is 16.8 Å². The Morgan fingerprint density at radius 2 is 2.06 bits per heavy atom. The smallest absolute Gasteiger partial charge is 0.0302 e. The lowest BCUT2D eigenvalue weighted by atomic mass is 9.75. The lowest BCUT2D eigenvalue weighted by molar-refractivity contribution is 0.200. The minimum Gasteiger partial charge on any atom is -0.307 e. The second kappa shape index (κ2) is 4.89. The van der Waals surface area contributed by atoms with Gasteiger partial charge in [0.25, 0.3) is 0 Å². The summed E-state index contributed by atoms with van der Waals surface area (Å²) in [6.45, 7) is 7.07. The zero-order valence-corrected chi connectivity index (χ0v) is 11.4. The molecule has 1 fully saturated rings. The Bertz CT molecular complexity index is 305. The van der Waals surface area contributed by atoms with Gasteiger partial charge in [-0.1, -0.05) is 13.8 Å². The summed E-state index contributed by atoms with van der Waals surface area (Å²) < 4.78 is 0. The van der Waals surface area contributed by atoms with Gasteiger partial charge in [0.05, 0.1) is 0 Å². The quantitative estimate of drug-likeness (QED) is 0.823. The molecule has 1 aromatic heterocycles. The molecular formula is C14H23NS. The standard InChI is InChI=1S/C14H23NS/c1-11(12-6-9-16-10-12)15-13-4-7-14(2,3)8-5-13/h6,9-11,13,15H,4-5,7-8H2,1-3H3. The Hall–Kier alpha value is -0.340. The Morgan fingerprint density at radius 3 is 2.62 bits per heavy atom. The predicted octanol–water partition coefficient (Wildman–Crippen LogP) is 4.37. The molecule has 1 aliphatic carbocycles. The summed E-state index contributed by atoms with van der Waals surface area (Å²) in [6, 6.07) is 3.47.